The van der Waals surface area contributed by atoms with E-state index in [2.05, 4.69) is 34.6 Å². The average molecular weight is 223 g/mol. The number of nitrogens with one attached hydrogen (secondary N) is 2. The van der Waals surface area contributed by atoms with Crippen molar-refractivity contribution in [3.63, 3.8) is 0 Å². The van der Waals surface area contributed by atoms with Gasteiger partial charge in [0, 0.05) is 19.0 Å². The van der Waals surface area contributed by atoms with E-state index in [0.29, 0.717) is 5.82 Å². The van der Waals surface area contributed by atoms with E-state index < -0.39 is 0 Å². The van der Waals surface area contributed by atoms with Crippen molar-refractivity contribution < 1.29 is 0 Å². The predicted octanol–water partition coefficient (Wildman–Crippen LogP) is 1.93. The third-order valence-corrected chi connectivity index (χ3v) is 2.23. The fraction of sp³-hybridized carbons (Fsp3) is 0.636. The van der Waals surface area contributed by atoms with E-state index in [1.54, 1.807) is 0 Å². The molecule has 16 heavy (non-hydrogen) atoms. The Morgan fingerprint density at radius 2 is 1.94 bits per heavy atom. The quantitative estimate of drug-likeness (QED) is 0.374. The molecule has 0 radical (unpaired) electrons. The molecule has 1 heterocycles. The van der Waals surface area contributed by atoms with Gasteiger partial charge >= 0.3 is 0 Å². The normalized spacial score (nSPS) is 10.2. The van der Waals surface area contributed by atoms with Crippen molar-refractivity contribution in [2.24, 2.45) is 5.84 Å². The summed E-state index contributed by atoms with van der Waals surface area (Å²) in [5.41, 5.74) is 2.57. The van der Waals surface area contributed by atoms with E-state index in [1.807, 2.05) is 6.07 Å². The Morgan fingerprint density at radius 3 is 2.56 bits per heavy atom. The summed E-state index contributed by atoms with van der Waals surface area (Å²) in [5, 5.41) is 3.27. The minimum atomic E-state index is 0.664. The van der Waals surface area contributed by atoms with Gasteiger partial charge < -0.3 is 10.7 Å². The van der Waals surface area contributed by atoms with Gasteiger partial charge in [0.05, 0.1) is 0 Å². The summed E-state index contributed by atoms with van der Waals surface area (Å²) in [5.74, 6) is 7.71. The molecule has 0 aliphatic heterocycles. The predicted molar refractivity (Wildman–Crippen MR) is 67.2 cm³/mol. The van der Waals surface area contributed by atoms with Gasteiger partial charge in [-0.2, -0.15) is 0 Å². The molecule has 0 atom stereocenters. The number of hydrogen-bond donors (Lipinski definition) is 3. The van der Waals surface area contributed by atoms with Crippen LogP contribution in [0.2, 0.25) is 0 Å². The van der Waals surface area contributed by atoms with Crippen LogP contribution in [-0.2, 0) is 6.42 Å². The van der Waals surface area contributed by atoms with Gasteiger partial charge in [-0.05, 0) is 12.8 Å². The van der Waals surface area contributed by atoms with Crippen LogP contribution in [-0.4, -0.2) is 16.5 Å². The second-order valence-corrected chi connectivity index (χ2v) is 3.73. The highest BCUT2D eigenvalue weighted by Crippen LogP contribution is 2.11. The Balaban J connectivity index is 2.69. The molecule has 4 N–H and O–H groups in total. The molecule has 0 saturated carbocycles. The van der Waals surface area contributed by atoms with Crippen LogP contribution in [0, 0.1) is 0 Å². The Morgan fingerprint density at radius 1 is 1.19 bits per heavy atom. The van der Waals surface area contributed by atoms with Gasteiger partial charge in [-0.1, -0.05) is 20.3 Å². The summed E-state index contributed by atoms with van der Waals surface area (Å²) in [7, 11) is 0. The molecule has 0 amide bonds. The first kappa shape index (κ1) is 12.7. The van der Waals surface area contributed by atoms with E-state index in [9.17, 15) is 0 Å². The van der Waals surface area contributed by atoms with Crippen molar-refractivity contribution in [3.8, 4) is 0 Å². The van der Waals surface area contributed by atoms with Gasteiger partial charge in [-0.15, -0.1) is 0 Å². The van der Waals surface area contributed by atoms with Crippen LogP contribution in [0.25, 0.3) is 0 Å². The second kappa shape index (κ2) is 7.00. The standard InChI is InChI=1S/C11H21N5/c1-3-5-7-13-10-8-11(16-12)15-9(14-10)6-4-2/h8H,3-7,12H2,1-2H3,(H2,13,14,15,16). The number of nitrogen functional groups attached to an aromatic ring is 1. The molecule has 0 saturated heterocycles. The van der Waals surface area contributed by atoms with E-state index in [1.165, 1.54) is 6.42 Å². The van der Waals surface area contributed by atoms with Gasteiger partial charge in [-0.25, -0.2) is 15.8 Å². The SMILES string of the molecule is CCCCNc1cc(NN)nc(CCC)n1. The number of unbranched alkanes of at least 4 members (excludes halogenated alkanes) is 1. The number of aromatic nitrogens is 2. The number of aryl methyl sites for hydroxylation is 1. The Bertz CT molecular complexity index is 313. The Kier molecular flexibility index (Phi) is 5.56. The molecule has 0 unspecified atom stereocenters. The average Bonchev–Trinajstić information content (AvgIpc) is 2.29. The lowest BCUT2D eigenvalue weighted by Gasteiger charge is -2.08. The molecule has 0 bridgehead atoms. The summed E-state index contributed by atoms with van der Waals surface area (Å²) >= 11 is 0. The molecule has 0 aliphatic carbocycles. The zero-order valence-electron chi connectivity index (χ0n) is 10.1. The first-order valence-electron chi connectivity index (χ1n) is 5.88. The van der Waals surface area contributed by atoms with Gasteiger partial charge in [0.1, 0.15) is 17.5 Å². The largest absolute Gasteiger partial charge is 0.370 e. The number of nitrogens with two attached hydrogens (primary N) is 1. The molecular weight excluding hydrogens is 202 g/mol. The third-order valence-electron chi connectivity index (χ3n) is 2.23. The number of nitrogens with zero attached hydrogens (tertiary/aromatic N) is 2. The van der Waals surface area contributed by atoms with Crippen LogP contribution < -0.4 is 16.6 Å². The van der Waals surface area contributed by atoms with Crippen molar-refractivity contribution in [1.29, 1.82) is 0 Å². The molecule has 5 nitrogen and oxygen atoms in total. The van der Waals surface area contributed by atoms with E-state index in [0.717, 1.165) is 37.4 Å². The van der Waals surface area contributed by atoms with E-state index >= 15 is 0 Å². The summed E-state index contributed by atoms with van der Waals surface area (Å²) < 4.78 is 0. The molecule has 1 rings (SSSR count). The first-order valence-corrected chi connectivity index (χ1v) is 5.88. The monoisotopic (exact) mass is 223 g/mol. The maximum Gasteiger partial charge on any atom is 0.145 e. The second-order valence-electron chi connectivity index (χ2n) is 3.73. The molecule has 0 fully saturated rings. The highest BCUT2D eigenvalue weighted by molar-refractivity contribution is 5.46. The molecular formula is C11H21N5. The molecule has 5 heteroatoms. The molecule has 90 valence electrons. The maximum absolute atomic E-state index is 5.37. The zero-order valence-corrected chi connectivity index (χ0v) is 10.1. The van der Waals surface area contributed by atoms with E-state index in [-0.39, 0.29) is 0 Å². The van der Waals surface area contributed by atoms with Crippen LogP contribution in [0.1, 0.15) is 38.9 Å². The summed E-state index contributed by atoms with van der Waals surface area (Å²) in [6.45, 7) is 5.20. The van der Waals surface area contributed by atoms with Crippen molar-refractivity contribution in [2.45, 2.75) is 39.5 Å². The summed E-state index contributed by atoms with van der Waals surface area (Å²) in [6.07, 6.45) is 4.21. The maximum atomic E-state index is 5.37. The zero-order chi connectivity index (χ0) is 11.8. The van der Waals surface area contributed by atoms with Crippen molar-refractivity contribution in [2.75, 3.05) is 17.3 Å². The number of rotatable bonds is 7. The highest BCUT2D eigenvalue weighted by atomic mass is 15.3. The lowest BCUT2D eigenvalue weighted by atomic mass is 10.3. The smallest absolute Gasteiger partial charge is 0.145 e. The minimum Gasteiger partial charge on any atom is -0.370 e. The molecule has 0 aromatic carbocycles. The van der Waals surface area contributed by atoms with Gasteiger partial charge in [0.15, 0.2) is 0 Å². The Hall–Kier alpha value is -1.36. The number of hydrazine groups is 1. The van der Waals surface area contributed by atoms with Gasteiger partial charge in [0.25, 0.3) is 0 Å². The van der Waals surface area contributed by atoms with Crippen molar-refractivity contribution in [1.82, 2.24) is 9.97 Å². The van der Waals surface area contributed by atoms with E-state index in [4.69, 9.17) is 5.84 Å². The number of hydrogen-bond acceptors (Lipinski definition) is 5. The Labute approximate surface area is 96.8 Å². The lowest BCUT2D eigenvalue weighted by Crippen LogP contribution is -2.12. The third kappa shape index (κ3) is 4.02. The van der Waals surface area contributed by atoms with Gasteiger partial charge in [0.2, 0.25) is 0 Å². The van der Waals surface area contributed by atoms with Crippen molar-refractivity contribution >= 4 is 11.6 Å². The van der Waals surface area contributed by atoms with Crippen LogP contribution >= 0.6 is 0 Å². The lowest BCUT2D eigenvalue weighted by molar-refractivity contribution is 0.814. The molecule has 0 aliphatic rings. The summed E-state index contributed by atoms with van der Waals surface area (Å²) in [6, 6.07) is 1.83. The summed E-state index contributed by atoms with van der Waals surface area (Å²) in [4.78, 5) is 8.71. The fourth-order valence-corrected chi connectivity index (χ4v) is 1.39. The number of anilines is 2. The fourth-order valence-electron chi connectivity index (χ4n) is 1.39. The topological polar surface area (TPSA) is 75.9 Å². The van der Waals surface area contributed by atoms with Crippen LogP contribution in [0.3, 0.4) is 0 Å². The first-order chi connectivity index (χ1) is 7.80. The molecule has 0 spiro atoms. The molecule has 1 aromatic rings. The van der Waals surface area contributed by atoms with Gasteiger partial charge in [-0.3, -0.25) is 0 Å². The van der Waals surface area contributed by atoms with Crippen LogP contribution in [0.15, 0.2) is 6.07 Å². The minimum absolute atomic E-state index is 0.664. The highest BCUT2D eigenvalue weighted by Gasteiger charge is 2.02. The van der Waals surface area contributed by atoms with Crippen LogP contribution in [0.4, 0.5) is 11.6 Å². The van der Waals surface area contributed by atoms with Crippen molar-refractivity contribution in [3.05, 3.63) is 11.9 Å². The van der Waals surface area contributed by atoms with Crippen LogP contribution in [0.5, 0.6) is 0 Å². The molecule has 1 aromatic heterocycles.